The van der Waals surface area contributed by atoms with E-state index < -0.39 is 36.4 Å². The topological polar surface area (TPSA) is 188 Å². The Hall–Kier alpha value is -2.07. The van der Waals surface area contributed by atoms with E-state index in [9.17, 15) is 14.4 Å². The van der Waals surface area contributed by atoms with Crippen molar-refractivity contribution in [2.24, 2.45) is 11.5 Å². The molecular weight excluding hydrogens is 224 g/mol. The highest BCUT2D eigenvalue weighted by Crippen LogP contribution is 2.02. The predicted octanol–water partition coefficient (Wildman–Crippen LogP) is -2.06. The molecule has 0 aromatic heterocycles. The molecule has 0 aromatic carbocycles. The summed E-state index contributed by atoms with van der Waals surface area (Å²) >= 11 is 0. The number of nitrogens with one attached hydrogen (secondary N) is 2. The van der Waals surface area contributed by atoms with Gasteiger partial charge in [-0.3, -0.25) is 21.2 Å². The minimum Gasteiger partial charge on any atom is -0.480 e. The average molecular weight is 236 g/mol. The van der Waals surface area contributed by atoms with Gasteiger partial charge in [-0.25, -0.2) is 9.59 Å². The lowest BCUT2D eigenvalue weighted by atomic mass is 10.1. The van der Waals surface area contributed by atoms with Crippen LogP contribution in [0, 0.1) is 0 Å². The van der Waals surface area contributed by atoms with Crippen molar-refractivity contribution >= 4 is 18.2 Å². The van der Waals surface area contributed by atoms with Crippen LogP contribution in [0.25, 0.3) is 0 Å². The van der Waals surface area contributed by atoms with Crippen molar-refractivity contribution in [2.75, 3.05) is 0 Å². The van der Waals surface area contributed by atoms with Crippen LogP contribution in [0.4, 0.5) is 9.59 Å². The van der Waals surface area contributed by atoms with E-state index >= 15 is 0 Å². The molecule has 0 saturated carbocycles. The summed E-state index contributed by atoms with van der Waals surface area (Å²) in [5, 5.41) is 28.6. The summed E-state index contributed by atoms with van der Waals surface area (Å²) in [5.41, 5.74) is 10.4. The Kier molecular flexibility index (Phi) is 4.47. The molecule has 0 aromatic rings. The van der Waals surface area contributed by atoms with Gasteiger partial charge >= 0.3 is 18.2 Å². The van der Waals surface area contributed by atoms with Gasteiger partial charge in [-0.05, 0) is 0 Å². The van der Waals surface area contributed by atoms with Gasteiger partial charge in [0.2, 0.25) is 0 Å². The first-order chi connectivity index (χ1) is 7.16. The molecule has 10 heteroatoms. The smallest absolute Gasteiger partial charge is 0.407 e. The lowest BCUT2D eigenvalue weighted by molar-refractivity contribution is -0.139. The minimum atomic E-state index is -2.16. The van der Waals surface area contributed by atoms with E-state index in [1.807, 2.05) is 0 Å². The molecule has 0 aliphatic carbocycles. The van der Waals surface area contributed by atoms with Crippen molar-refractivity contribution in [1.29, 1.82) is 0 Å². The van der Waals surface area contributed by atoms with Crippen molar-refractivity contribution in [1.82, 2.24) is 10.6 Å². The molecule has 0 bridgehead atoms. The molecule has 0 saturated heterocycles. The Morgan fingerprint density at radius 2 is 1.50 bits per heavy atom. The summed E-state index contributed by atoms with van der Waals surface area (Å²) in [7, 11) is 0. The number of carboxylic acid groups (broad SMARTS) is 3. The number of amides is 2. The first-order valence-electron chi connectivity index (χ1n) is 3.96. The largest absolute Gasteiger partial charge is 0.480 e. The van der Waals surface area contributed by atoms with Crippen LogP contribution in [-0.4, -0.2) is 45.3 Å². The molecule has 0 rings (SSSR count). The van der Waals surface area contributed by atoms with Gasteiger partial charge in [-0.2, -0.15) is 0 Å². The molecule has 2 amide bonds. The third-order valence-corrected chi connectivity index (χ3v) is 1.52. The SMILES string of the molecule is NC(CC(N)(NC(=O)O)NC(=O)O)C(=O)O. The van der Waals surface area contributed by atoms with E-state index in [4.69, 9.17) is 26.8 Å². The highest BCUT2D eigenvalue weighted by atomic mass is 16.4. The summed E-state index contributed by atoms with van der Waals surface area (Å²) in [6, 6.07) is -1.51. The van der Waals surface area contributed by atoms with Crippen molar-refractivity contribution in [2.45, 2.75) is 18.2 Å². The van der Waals surface area contributed by atoms with Crippen LogP contribution in [0.15, 0.2) is 0 Å². The second kappa shape index (κ2) is 5.14. The number of carboxylic acids is 1. The Morgan fingerprint density at radius 3 is 1.75 bits per heavy atom. The molecule has 9 N–H and O–H groups in total. The maximum atomic E-state index is 10.4. The van der Waals surface area contributed by atoms with Crippen LogP contribution < -0.4 is 22.1 Å². The molecule has 0 heterocycles. The van der Waals surface area contributed by atoms with E-state index in [1.165, 1.54) is 0 Å². The maximum Gasteiger partial charge on any atom is 0.407 e. The van der Waals surface area contributed by atoms with Gasteiger partial charge in [0.15, 0.2) is 5.79 Å². The summed E-state index contributed by atoms with van der Waals surface area (Å²) in [6.07, 6.45) is -3.87. The van der Waals surface area contributed by atoms with Crippen LogP contribution in [0.1, 0.15) is 6.42 Å². The highest BCUT2D eigenvalue weighted by molar-refractivity contribution is 5.74. The average Bonchev–Trinajstić information content (AvgIpc) is 1.98. The molecule has 0 spiro atoms. The third kappa shape index (κ3) is 4.97. The van der Waals surface area contributed by atoms with E-state index in [2.05, 4.69) is 0 Å². The summed E-state index contributed by atoms with van der Waals surface area (Å²) in [4.78, 5) is 31.1. The zero-order chi connectivity index (χ0) is 12.9. The summed E-state index contributed by atoms with van der Waals surface area (Å²) in [6.45, 7) is 0. The lowest BCUT2D eigenvalue weighted by Gasteiger charge is -2.30. The fraction of sp³-hybridized carbons (Fsp3) is 0.500. The van der Waals surface area contributed by atoms with E-state index in [0.717, 1.165) is 0 Å². The van der Waals surface area contributed by atoms with Gasteiger partial charge in [0, 0.05) is 6.42 Å². The molecule has 0 fully saturated rings. The third-order valence-electron chi connectivity index (χ3n) is 1.52. The van der Waals surface area contributed by atoms with Crippen molar-refractivity contribution < 1.29 is 29.7 Å². The van der Waals surface area contributed by atoms with Crippen LogP contribution in [0.2, 0.25) is 0 Å². The molecule has 1 atom stereocenters. The maximum absolute atomic E-state index is 10.4. The van der Waals surface area contributed by atoms with Gasteiger partial charge in [0.25, 0.3) is 0 Å². The number of hydrogen-bond acceptors (Lipinski definition) is 5. The first kappa shape index (κ1) is 13.9. The number of nitrogens with two attached hydrogens (primary N) is 2. The molecule has 92 valence electrons. The summed E-state index contributed by atoms with van der Waals surface area (Å²) < 4.78 is 0. The molecule has 1 unspecified atom stereocenters. The number of rotatable bonds is 5. The van der Waals surface area contributed by atoms with E-state index in [1.54, 1.807) is 10.6 Å². The summed E-state index contributed by atoms with van der Waals surface area (Å²) in [5.74, 6) is -3.59. The van der Waals surface area contributed by atoms with Gasteiger partial charge in [0.05, 0.1) is 0 Å². The Bertz CT molecular complexity index is 289. The Balaban J connectivity index is 4.71. The van der Waals surface area contributed by atoms with E-state index in [-0.39, 0.29) is 0 Å². The Labute approximate surface area is 89.2 Å². The molecular formula is C6H12N4O6. The minimum absolute atomic E-state index is 0.638. The zero-order valence-corrected chi connectivity index (χ0v) is 8.01. The van der Waals surface area contributed by atoms with Gasteiger partial charge in [0.1, 0.15) is 6.04 Å². The number of hydrogen-bond donors (Lipinski definition) is 7. The highest BCUT2D eigenvalue weighted by Gasteiger charge is 2.33. The Morgan fingerprint density at radius 1 is 1.12 bits per heavy atom. The van der Waals surface area contributed by atoms with Crippen molar-refractivity contribution in [3.8, 4) is 0 Å². The van der Waals surface area contributed by atoms with Crippen LogP contribution in [0.5, 0.6) is 0 Å². The molecule has 0 aliphatic rings. The van der Waals surface area contributed by atoms with Gasteiger partial charge in [-0.1, -0.05) is 0 Å². The quantitative estimate of drug-likeness (QED) is 0.265. The molecule has 0 aliphatic heterocycles. The standard InChI is InChI=1S/C6H12N4O6/c7-2(3(11)12)1-6(8,9-4(13)14)10-5(15)16/h2,9-10H,1,7-8H2,(H,11,12)(H,13,14)(H,15,16). The lowest BCUT2D eigenvalue weighted by Crippen LogP contribution is -2.68. The normalized spacial score (nSPS) is 12.6. The fourth-order valence-corrected chi connectivity index (χ4v) is 0.949. The second-order valence-electron chi connectivity index (χ2n) is 2.98. The molecule has 0 radical (unpaired) electrons. The predicted molar refractivity (Wildman–Crippen MR) is 49.5 cm³/mol. The van der Waals surface area contributed by atoms with Crippen LogP contribution in [-0.2, 0) is 4.79 Å². The monoisotopic (exact) mass is 236 g/mol. The van der Waals surface area contributed by atoms with E-state index in [0.29, 0.717) is 0 Å². The van der Waals surface area contributed by atoms with Crippen molar-refractivity contribution in [3.05, 3.63) is 0 Å². The molecule has 16 heavy (non-hydrogen) atoms. The van der Waals surface area contributed by atoms with Gasteiger partial charge < -0.3 is 21.1 Å². The van der Waals surface area contributed by atoms with Crippen LogP contribution >= 0.6 is 0 Å². The number of carbonyl (C=O) groups is 3. The molecule has 10 nitrogen and oxygen atoms in total. The van der Waals surface area contributed by atoms with Crippen molar-refractivity contribution in [3.63, 3.8) is 0 Å². The zero-order valence-electron chi connectivity index (χ0n) is 8.01. The second-order valence-corrected chi connectivity index (χ2v) is 2.98. The first-order valence-corrected chi connectivity index (χ1v) is 3.96. The number of aliphatic carboxylic acids is 1. The van der Waals surface area contributed by atoms with Gasteiger partial charge in [-0.15, -0.1) is 0 Å². The van der Waals surface area contributed by atoms with Crippen LogP contribution in [0.3, 0.4) is 0 Å². The fourth-order valence-electron chi connectivity index (χ4n) is 0.949.